The van der Waals surface area contributed by atoms with Gasteiger partial charge in [-0.2, -0.15) is 0 Å². The van der Waals surface area contributed by atoms with E-state index in [9.17, 15) is 9.59 Å². The summed E-state index contributed by atoms with van der Waals surface area (Å²) in [7, 11) is 1.64. The zero-order chi connectivity index (χ0) is 17.4. The molecule has 1 aliphatic carbocycles. The molecule has 2 amide bonds. The van der Waals surface area contributed by atoms with E-state index < -0.39 is 0 Å². The number of hydrogen-bond acceptors (Lipinski definition) is 4. The smallest absolute Gasteiger partial charge is 0.249 e. The van der Waals surface area contributed by atoms with E-state index in [-0.39, 0.29) is 30.6 Å². The van der Waals surface area contributed by atoms with Crippen molar-refractivity contribution in [3.8, 4) is 5.75 Å². The minimum absolute atomic E-state index is 0.00596. The van der Waals surface area contributed by atoms with E-state index in [4.69, 9.17) is 9.47 Å². The first kappa shape index (κ1) is 16.4. The van der Waals surface area contributed by atoms with Gasteiger partial charge in [-0.15, -0.1) is 0 Å². The third-order valence-corrected chi connectivity index (χ3v) is 5.40. The second-order valence-corrected chi connectivity index (χ2v) is 7.23. The van der Waals surface area contributed by atoms with Crippen molar-refractivity contribution in [2.45, 2.75) is 38.0 Å². The van der Waals surface area contributed by atoms with Gasteiger partial charge in [0, 0.05) is 26.1 Å². The Balaban J connectivity index is 1.44. The van der Waals surface area contributed by atoms with Crippen LogP contribution in [0, 0.1) is 5.92 Å². The topological polar surface area (TPSA) is 59.1 Å². The van der Waals surface area contributed by atoms with Gasteiger partial charge >= 0.3 is 0 Å². The Hall–Kier alpha value is -2.08. The molecule has 0 spiro atoms. The number of morpholine rings is 1. The van der Waals surface area contributed by atoms with Gasteiger partial charge in [0.1, 0.15) is 12.4 Å². The highest BCUT2D eigenvalue weighted by Crippen LogP contribution is 2.34. The Kier molecular flexibility index (Phi) is 4.37. The average Bonchev–Trinajstić information content (AvgIpc) is 3.33. The van der Waals surface area contributed by atoms with Crippen LogP contribution in [-0.4, -0.2) is 60.6 Å². The first-order valence-electron chi connectivity index (χ1n) is 8.96. The molecule has 1 aromatic rings. The summed E-state index contributed by atoms with van der Waals surface area (Å²) >= 11 is 0. The average molecular weight is 344 g/mol. The molecule has 25 heavy (non-hydrogen) atoms. The Morgan fingerprint density at radius 3 is 2.68 bits per heavy atom. The number of nitrogens with zero attached hydrogens (tertiary/aromatic N) is 2. The monoisotopic (exact) mass is 344 g/mol. The molecule has 0 aromatic heterocycles. The standard InChI is InChI=1S/C19H24N2O4/c1-24-15-6-4-14(5-7-15)9-21-16-10-20(18(22)8-13-2-3-13)11-17(16)25-12-19(21)23/h4-7,13,16-17H,2-3,8-12H2,1H3/t16-,17-/m1/s1. The van der Waals surface area contributed by atoms with Crippen LogP contribution in [0.3, 0.4) is 0 Å². The fraction of sp³-hybridized carbons (Fsp3) is 0.579. The number of carbonyl (C=O) groups excluding carboxylic acids is 2. The van der Waals surface area contributed by atoms with Gasteiger partial charge in [-0.3, -0.25) is 9.59 Å². The Morgan fingerprint density at radius 2 is 2.00 bits per heavy atom. The van der Waals surface area contributed by atoms with Crippen molar-refractivity contribution in [2.24, 2.45) is 5.92 Å². The van der Waals surface area contributed by atoms with Crippen LogP contribution in [0.5, 0.6) is 5.75 Å². The lowest BCUT2D eigenvalue weighted by Gasteiger charge is -2.36. The summed E-state index contributed by atoms with van der Waals surface area (Å²) in [5.74, 6) is 1.58. The highest BCUT2D eigenvalue weighted by Gasteiger charge is 2.44. The van der Waals surface area contributed by atoms with Crippen molar-refractivity contribution in [3.63, 3.8) is 0 Å². The first-order chi connectivity index (χ1) is 12.1. The number of hydrogen-bond donors (Lipinski definition) is 0. The summed E-state index contributed by atoms with van der Waals surface area (Å²) < 4.78 is 10.9. The molecule has 3 aliphatic rings. The van der Waals surface area contributed by atoms with E-state index in [1.807, 2.05) is 34.1 Å². The second kappa shape index (κ2) is 6.67. The van der Waals surface area contributed by atoms with Gasteiger partial charge in [-0.25, -0.2) is 0 Å². The minimum atomic E-state index is -0.0703. The molecule has 0 bridgehead atoms. The zero-order valence-corrected chi connectivity index (χ0v) is 14.5. The third kappa shape index (κ3) is 3.49. The summed E-state index contributed by atoms with van der Waals surface area (Å²) in [4.78, 5) is 28.6. The quantitative estimate of drug-likeness (QED) is 0.811. The maximum atomic E-state index is 12.4. The van der Waals surface area contributed by atoms with Crippen LogP contribution in [-0.2, 0) is 20.9 Å². The molecule has 4 rings (SSSR count). The van der Waals surface area contributed by atoms with Crippen molar-refractivity contribution in [3.05, 3.63) is 29.8 Å². The van der Waals surface area contributed by atoms with Gasteiger partial charge in [0.05, 0.1) is 19.3 Å². The molecule has 1 aromatic carbocycles. The van der Waals surface area contributed by atoms with E-state index in [2.05, 4.69) is 0 Å². The molecular formula is C19H24N2O4. The number of rotatable bonds is 5. The second-order valence-electron chi connectivity index (χ2n) is 7.23. The molecule has 3 fully saturated rings. The Bertz CT molecular complexity index is 656. The van der Waals surface area contributed by atoms with Gasteiger partial charge < -0.3 is 19.3 Å². The van der Waals surface area contributed by atoms with Gasteiger partial charge in [0.2, 0.25) is 11.8 Å². The summed E-state index contributed by atoms with van der Waals surface area (Å²) in [6.45, 7) is 1.82. The number of benzene rings is 1. The predicted molar refractivity (Wildman–Crippen MR) is 91.0 cm³/mol. The number of amides is 2. The van der Waals surface area contributed by atoms with Crippen molar-refractivity contribution < 1.29 is 19.1 Å². The van der Waals surface area contributed by atoms with Crippen LogP contribution < -0.4 is 4.74 Å². The minimum Gasteiger partial charge on any atom is -0.497 e. The predicted octanol–water partition coefficient (Wildman–Crippen LogP) is 1.43. The lowest BCUT2D eigenvalue weighted by molar-refractivity contribution is -0.153. The molecule has 0 radical (unpaired) electrons. The number of carbonyl (C=O) groups is 2. The van der Waals surface area contributed by atoms with Gasteiger partial charge in [0.15, 0.2) is 0 Å². The molecule has 2 saturated heterocycles. The van der Waals surface area contributed by atoms with Crippen LogP contribution >= 0.6 is 0 Å². The number of likely N-dealkylation sites (tertiary alicyclic amines) is 1. The van der Waals surface area contributed by atoms with E-state index in [1.54, 1.807) is 7.11 Å². The van der Waals surface area contributed by atoms with Crippen molar-refractivity contribution >= 4 is 11.8 Å². The summed E-state index contributed by atoms with van der Waals surface area (Å²) in [6, 6.07) is 7.70. The Morgan fingerprint density at radius 1 is 1.24 bits per heavy atom. The van der Waals surface area contributed by atoms with Crippen molar-refractivity contribution in [2.75, 3.05) is 26.8 Å². The summed E-state index contributed by atoms with van der Waals surface area (Å²) in [5.41, 5.74) is 1.05. The maximum absolute atomic E-state index is 12.4. The van der Waals surface area contributed by atoms with Gasteiger partial charge in [-0.1, -0.05) is 12.1 Å². The molecule has 0 unspecified atom stereocenters. The van der Waals surface area contributed by atoms with Crippen LogP contribution in [0.15, 0.2) is 24.3 Å². The molecule has 6 nitrogen and oxygen atoms in total. The van der Waals surface area contributed by atoms with Crippen LogP contribution in [0.25, 0.3) is 0 Å². The van der Waals surface area contributed by atoms with Crippen molar-refractivity contribution in [1.29, 1.82) is 0 Å². The fourth-order valence-electron chi connectivity index (χ4n) is 3.70. The molecular weight excluding hydrogens is 320 g/mol. The molecule has 134 valence electrons. The highest BCUT2D eigenvalue weighted by molar-refractivity contribution is 5.80. The van der Waals surface area contributed by atoms with Gasteiger partial charge in [0.25, 0.3) is 0 Å². The van der Waals surface area contributed by atoms with Crippen LogP contribution in [0.1, 0.15) is 24.8 Å². The van der Waals surface area contributed by atoms with E-state index in [0.29, 0.717) is 32.0 Å². The van der Waals surface area contributed by atoms with Crippen LogP contribution in [0.4, 0.5) is 0 Å². The molecule has 0 N–H and O–H groups in total. The summed E-state index contributed by atoms with van der Waals surface area (Å²) in [5, 5.41) is 0. The highest BCUT2D eigenvalue weighted by atomic mass is 16.5. The van der Waals surface area contributed by atoms with E-state index >= 15 is 0 Å². The first-order valence-corrected chi connectivity index (χ1v) is 8.96. The van der Waals surface area contributed by atoms with E-state index in [0.717, 1.165) is 11.3 Å². The lowest BCUT2D eigenvalue weighted by atomic mass is 10.1. The number of ether oxygens (including phenoxy) is 2. The molecule has 2 atom stereocenters. The molecule has 2 heterocycles. The summed E-state index contributed by atoms with van der Waals surface area (Å²) in [6.07, 6.45) is 2.92. The normalized spacial score (nSPS) is 25.9. The van der Waals surface area contributed by atoms with Gasteiger partial charge in [-0.05, 0) is 36.5 Å². The molecule has 2 aliphatic heterocycles. The third-order valence-electron chi connectivity index (χ3n) is 5.40. The lowest BCUT2D eigenvalue weighted by Crippen LogP contribution is -2.53. The number of methoxy groups -OCH3 is 1. The Labute approximate surface area is 147 Å². The number of fused-ring (bicyclic) bond motifs is 1. The fourth-order valence-corrected chi connectivity index (χ4v) is 3.70. The van der Waals surface area contributed by atoms with Crippen LogP contribution in [0.2, 0.25) is 0 Å². The SMILES string of the molecule is COc1ccc(CN2C(=O)CO[C@@H]3CN(C(=O)CC4CC4)C[C@H]32)cc1. The maximum Gasteiger partial charge on any atom is 0.249 e. The van der Waals surface area contributed by atoms with Crippen molar-refractivity contribution in [1.82, 2.24) is 9.80 Å². The molecule has 6 heteroatoms. The largest absolute Gasteiger partial charge is 0.497 e. The van der Waals surface area contributed by atoms with E-state index in [1.165, 1.54) is 12.8 Å². The zero-order valence-electron chi connectivity index (χ0n) is 14.5. The molecule has 1 saturated carbocycles.